The quantitative estimate of drug-likeness (QED) is 0.472. The molecule has 2 heterocycles. The minimum absolute atomic E-state index is 0.0344. The number of para-hydroxylation sites is 1. The molecule has 0 bridgehead atoms. The van der Waals surface area contributed by atoms with Crippen LogP contribution in [-0.4, -0.2) is 20.8 Å². The number of aliphatic hydroxyl groups is 1. The molecule has 0 amide bonds. The standard InChI is InChI=1S/C25H20N2O5/c1-3-14-8-6-7-13(2)21(14)27-24(31)18-16-10-5-4-9-15(16)17-19(20(18)25(27)32)23(30)26(11-12-28)22(17)29/h4-10,28H,3,11-12H2,1-2H3. The molecular weight excluding hydrogens is 408 g/mol. The number of rotatable bonds is 4. The van der Waals surface area contributed by atoms with Crippen LogP contribution < -0.4 is 22.2 Å². The molecule has 5 aromatic rings. The average molecular weight is 428 g/mol. The van der Waals surface area contributed by atoms with E-state index in [2.05, 4.69) is 0 Å². The molecule has 0 atom stereocenters. The molecule has 1 N–H and O–H groups in total. The van der Waals surface area contributed by atoms with Gasteiger partial charge in [-0.3, -0.25) is 23.7 Å². The molecule has 0 aliphatic carbocycles. The first-order chi connectivity index (χ1) is 15.4. The number of nitrogens with zero attached hydrogens (tertiary/aromatic N) is 2. The Hall–Kier alpha value is -3.84. The van der Waals surface area contributed by atoms with E-state index in [0.29, 0.717) is 22.9 Å². The number of aryl methyl sites for hydroxylation is 2. The number of aliphatic hydroxyl groups excluding tert-OH is 1. The van der Waals surface area contributed by atoms with Gasteiger partial charge in [-0.1, -0.05) is 49.4 Å². The first-order valence-corrected chi connectivity index (χ1v) is 10.4. The minimum atomic E-state index is -0.662. The van der Waals surface area contributed by atoms with Crippen LogP contribution in [0.4, 0.5) is 0 Å². The smallest absolute Gasteiger partial charge is 0.267 e. The van der Waals surface area contributed by atoms with Crippen molar-refractivity contribution in [3.8, 4) is 5.69 Å². The van der Waals surface area contributed by atoms with Gasteiger partial charge in [0.05, 0.1) is 40.4 Å². The Bertz CT molecular complexity index is 1760. The molecule has 0 aliphatic rings. The van der Waals surface area contributed by atoms with Crippen molar-refractivity contribution in [3.63, 3.8) is 0 Å². The maximum atomic E-state index is 13.7. The van der Waals surface area contributed by atoms with E-state index in [4.69, 9.17) is 0 Å². The molecule has 0 aliphatic heterocycles. The number of fused-ring (bicyclic) bond motifs is 6. The van der Waals surface area contributed by atoms with Gasteiger partial charge in [-0.15, -0.1) is 0 Å². The highest BCUT2D eigenvalue weighted by atomic mass is 16.3. The predicted molar refractivity (Wildman–Crippen MR) is 125 cm³/mol. The summed E-state index contributed by atoms with van der Waals surface area (Å²) in [7, 11) is 0. The number of aromatic nitrogens is 2. The highest BCUT2D eigenvalue weighted by molar-refractivity contribution is 6.25. The SMILES string of the molecule is CCc1cccc(C)c1-n1c(=O)c2c3ccccc3c3c(=O)n(CCO)c(=O)c3c2c1=O. The van der Waals surface area contributed by atoms with Crippen LogP contribution in [0.25, 0.3) is 38.0 Å². The van der Waals surface area contributed by atoms with Gasteiger partial charge in [-0.2, -0.15) is 0 Å². The van der Waals surface area contributed by atoms with Gasteiger partial charge in [0.15, 0.2) is 0 Å². The van der Waals surface area contributed by atoms with Crippen molar-refractivity contribution < 1.29 is 5.11 Å². The molecule has 0 saturated heterocycles. The fourth-order valence-corrected chi connectivity index (χ4v) is 4.82. The molecule has 0 fully saturated rings. The molecule has 0 radical (unpaired) electrons. The molecule has 2 aromatic heterocycles. The van der Waals surface area contributed by atoms with Crippen molar-refractivity contribution in [2.75, 3.05) is 6.61 Å². The van der Waals surface area contributed by atoms with E-state index in [9.17, 15) is 24.3 Å². The highest BCUT2D eigenvalue weighted by Gasteiger charge is 2.27. The number of hydrogen-bond acceptors (Lipinski definition) is 5. The molecule has 5 rings (SSSR count). The van der Waals surface area contributed by atoms with Crippen molar-refractivity contribution >= 4 is 32.3 Å². The van der Waals surface area contributed by atoms with E-state index in [1.165, 1.54) is 0 Å². The normalized spacial score (nSPS) is 11.8. The Balaban J connectivity index is 2.14. The second kappa shape index (κ2) is 7.10. The molecule has 0 unspecified atom stereocenters. The molecular formula is C25H20N2O5. The van der Waals surface area contributed by atoms with E-state index < -0.39 is 28.8 Å². The van der Waals surface area contributed by atoms with Crippen molar-refractivity contribution in [2.45, 2.75) is 26.8 Å². The summed E-state index contributed by atoms with van der Waals surface area (Å²) < 4.78 is 2.07. The Morgan fingerprint density at radius 3 is 1.94 bits per heavy atom. The lowest BCUT2D eigenvalue weighted by Crippen LogP contribution is -2.27. The van der Waals surface area contributed by atoms with Crippen LogP contribution in [0.5, 0.6) is 0 Å². The van der Waals surface area contributed by atoms with Crippen LogP contribution in [0, 0.1) is 6.92 Å². The van der Waals surface area contributed by atoms with Crippen LogP contribution in [-0.2, 0) is 13.0 Å². The van der Waals surface area contributed by atoms with Crippen LogP contribution in [0.1, 0.15) is 18.1 Å². The first kappa shape index (κ1) is 20.1. The predicted octanol–water partition coefficient (Wildman–Crippen LogP) is 1.92. The fourth-order valence-electron chi connectivity index (χ4n) is 4.82. The maximum Gasteiger partial charge on any atom is 0.267 e. The topological polar surface area (TPSA) is 98.4 Å². The zero-order valence-electron chi connectivity index (χ0n) is 17.6. The summed E-state index contributed by atoms with van der Waals surface area (Å²) >= 11 is 0. The van der Waals surface area contributed by atoms with Crippen LogP contribution in [0.15, 0.2) is 61.6 Å². The summed E-state index contributed by atoms with van der Waals surface area (Å²) in [6.45, 7) is 3.20. The van der Waals surface area contributed by atoms with Crippen LogP contribution in [0.3, 0.4) is 0 Å². The van der Waals surface area contributed by atoms with Gasteiger partial charge in [0, 0.05) is 0 Å². The molecule has 7 nitrogen and oxygen atoms in total. The number of hydrogen-bond donors (Lipinski definition) is 1. The third-order valence-electron chi connectivity index (χ3n) is 6.22. The highest BCUT2D eigenvalue weighted by Crippen LogP contribution is 2.30. The van der Waals surface area contributed by atoms with Gasteiger partial charge in [0.1, 0.15) is 0 Å². The second-order valence-electron chi connectivity index (χ2n) is 7.91. The third-order valence-corrected chi connectivity index (χ3v) is 6.22. The number of benzene rings is 3. The summed E-state index contributed by atoms with van der Waals surface area (Å²) in [5.41, 5.74) is -0.222. The van der Waals surface area contributed by atoms with Gasteiger partial charge in [0.2, 0.25) is 0 Å². The van der Waals surface area contributed by atoms with Gasteiger partial charge in [-0.25, -0.2) is 4.57 Å². The molecule has 0 spiro atoms. The van der Waals surface area contributed by atoms with Crippen molar-refractivity contribution in [3.05, 3.63) is 95.0 Å². The fraction of sp³-hybridized carbons (Fsp3) is 0.200. The zero-order valence-corrected chi connectivity index (χ0v) is 17.6. The summed E-state index contributed by atoms with van der Waals surface area (Å²) in [4.78, 5) is 53.7. The van der Waals surface area contributed by atoms with E-state index in [0.717, 1.165) is 20.3 Å². The third kappa shape index (κ3) is 2.45. The van der Waals surface area contributed by atoms with E-state index in [1.54, 1.807) is 24.3 Å². The summed E-state index contributed by atoms with van der Waals surface area (Å²) in [5.74, 6) is 0. The Morgan fingerprint density at radius 2 is 1.31 bits per heavy atom. The van der Waals surface area contributed by atoms with Crippen molar-refractivity contribution in [1.82, 2.24) is 9.13 Å². The Kier molecular flexibility index (Phi) is 4.46. The second-order valence-corrected chi connectivity index (χ2v) is 7.91. The van der Waals surface area contributed by atoms with E-state index in [1.807, 2.05) is 32.0 Å². The van der Waals surface area contributed by atoms with Crippen LogP contribution >= 0.6 is 0 Å². The summed E-state index contributed by atoms with van der Waals surface area (Å²) in [5, 5.41) is 10.4. The largest absolute Gasteiger partial charge is 0.395 e. The lowest BCUT2D eigenvalue weighted by atomic mass is 9.99. The molecule has 0 saturated carbocycles. The zero-order chi connectivity index (χ0) is 22.7. The first-order valence-electron chi connectivity index (χ1n) is 10.4. The van der Waals surface area contributed by atoms with E-state index >= 15 is 0 Å². The van der Waals surface area contributed by atoms with Crippen molar-refractivity contribution in [2.24, 2.45) is 0 Å². The Morgan fingerprint density at radius 1 is 0.750 bits per heavy atom. The molecule has 160 valence electrons. The summed E-state index contributed by atoms with van der Waals surface area (Å²) in [6.07, 6.45) is 0.616. The Labute approximate surface area is 181 Å². The molecule has 7 heteroatoms. The van der Waals surface area contributed by atoms with Gasteiger partial charge >= 0.3 is 0 Å². The minimum Gasteiger partial charge on any atom is -0.395 e. The van der Waals surface area contributed by atoms with Gasteiger partial charge in [-0.05, 0) is 35.2 Å². The van der Waals surface area contributed by atoms with Gasteiger partial charge < -0.3 is 5.11 Å². The molecule has 3 aromatic carbocycles. The van der Waals surface area contributed by atoms with E-state index in [-0.39, 0.29) is 28.1 Å². The van der Waals surface area contributed by atoms with Gasteiger partial charge in [0.25, 0.3) is 22.2 Å². The average Bonchev–Trinajstić information content (AvgIpc) is 3.19. The maximum absolute atomic E-state index is 13.7. The lowest BCUT2D eigenvalue weighted by Gasteiger charge is -2.10. The molecule has 32 heavy (non-hydrogen) atoms. The van der Waals surface area contributed by atoms with Crippen molar-refractivity contribution in [1.29, 1.82) is 0 Å². The lowest BCUT2D eigenvalue weighted by molar-refractivity contribution is 0.273. The van der Waals surface area contributed by atoms with Crippen LogP contribution in [0.2, 0.25) is 0 Å². The monoisotopic (exact) mass is 428 g/mol. The summed E-state index contributed by atoms with van der Waals surface area (Å²) in [6, 6.07) is 12.4.